The van der Waals surface area contributed by atoms with E-state index in [0.29, 0.717) is 6.42 Å². The Bertz CT molecular complexity index is 1210. The molecule has 4 atom stereocenters. The molecule has 1 fully saturated rings. The fourth-order valence-electron chi connectivity index (χ4n) is 6.02. The lowest BCUT2D eigenvalue weighted by Crippen LogP contribution is -2.50. The topological polar surface area (TPSA) is 126 Å². The number of unbranched alkanes of at least 4 members (excludes halogenated alkanes) is 7. The van der Waals surface area contributed by atoms with Crippen LogP contribution in [0.15, 0.2) is 29.8 Å². The lowest BCUT2D eigenvalue weighted by atomic mass is 9.76. The highest BCUT2D eigenvalue weighted by atomic mass is 32.1. The van der Waals surface area contributed by atoms with Gasteiger partial charge in [0.05, 0.1) is 28.2 Å². The first-order valence-electron chi connectivity index (χ1n) is 16.4. The zero-order valence-electron chi connectivity index (χ0n) is 27.4. The van der Waals surface area contributed by atoms with Crippen molar-refractivity contribution in [3.8, 4) is 10.4 Å². The van der Waals surface area contributed by atoms with Crippen molar-refractivity contribution < 1.29 is 19.5 Å². The van der Waals surface area contributed by atoms with Gasteiger partial charge in [0.2, 0.25) is 11.8 Å². The summed E-state index contributed by atoms with van der Waals surface area (Å²) < 4.78 is 0. The largest absolute Gasteiger partial charge is 0.391 e. The van der Waals surface area contributed by atoms with Gasteiger partial charge in [0, 0.05) is 31.7 Å². The van der Waals surface area contributed by atoms with Gasteiger partial charge >= 0.3 is 0 Å². The summed E-state index contributed by atoms with van der Waals surface area (Å²) in [6.45, 7) is 10.7. The molecule has 4 N–H and O–H groups in total. The van der Waals surface area contributed by atoms with E-state index in [2.05, 4.69) is 10.3 Å². The van der Waals surface area contributed by atoms with Crippen molar-refractivity contribution in [1.82, 2.24) is 15.2 Å². The second-order valence-corrected chi connectivity index (χ2v) is 14.4. The molecule has 0 bridgehead atoms. The van der Waals surface area contributed by atoms with Gasteiger partial charge in [-0.05, 0) is 49.8 Å². The number of benzene rings is 1. The monoisotopic (exact) mass is 626 g/mol. The van der Waals surface area contributed by atoms with Crippen LogP contribution in [-0.4, -0.2) is 57.8 Å². The minimum Gasteiger partial charge on any atom is -0.391 e. The number of carbonyl (C=O) groups excluding carboxylic acids is 3. The molecule has 2 amide bonds. The SMILES string of the molecule is Cc1ncsc1-c1ccc([C@H](C)NC(=O)[C@H]2C[C@H](O)CN2C(=O)[C@@H](CC(=O)CCCCCCCCCCN)C(C)(C)C)cc1. The lowest BCUT2D eigenvalue weighted by molar-refractivity contribution is -0.146. The first-order valence-corrected chi connectivity index (χ1v) is 17.3. The number of aryl methyl sites for hydroxylation is 1. The maximum absolute atomic E-state index is 13.9. The van der Waals surface area contributed by atoms with Crippen molar-refractivity contribution in [2.45, 2.75) is 123 Å². The average Bonchev–Trinajstić information content (AvgIpc) is 3.59. The minimum atomic E-state index is -0.779. The second-order valence-electron chi connectivity index (χ2n) is 13.5. The number of carbonyl (C=O) groups is 3. The van der Waals surface area contributed by atoms with Gasteiger partial charge in [0.25, 0.3) is 0 Å². The number of aliphatic hydroxyl groups excluding tert-OH is 1. The zero-order chi connectivity index (χ0) is 32.3. The number of ketones is 1. The predicted octanol–water partition coefficient (Wildman–Crippen LogP) is 6.35. The van der Waals surface area contributed by atoms with Crippen LogP contribution in [0.3, 0.4) is 0 Å². The molecule has 2 aromatic rings. The van der Waals surface area contributed by atoms with Crippen LogP contribution >= 0.6 is 11.3 Å². The van der Waals surface area contributed by atoms with Crippen LogP contribution in [0.5, 0.6) is 0 Å². The number of aromatic nitrogens is 1. The Labute approximate surface area is 268 Å². The van der Waals surface area contributed by atoms with E-state index in [1.54, 1.807) is 11.3 Å². The molecule has 9 heteroatoms. The smallest absolute Gasteiger partial charge is 0.243 e. The van der Waals surface area contributed by atoms with Gasteiger partial charge in [0.15, 0.2) is 0 Å². The van der Waals surface area contributed by atoms with Gasteiger partial charge in [-0.2, -0.15) is 0 Å². The number of hydrogen-bond acceptors (Lipinski definition) is 7. The molecule has 1 aromatic carbocycles. The third kappa shape index (κ3) is 10.5. The third-order valence-corrected chi connectivity index (χ3v) is 9.80. The summed E-state index contributed by atoms with van der Waals surface area (Å²) in [6, 6.07) is 7.00. The van der Waals surface area contributed by atoms with Crippen molar-refractivity contribution in [2.24, 2.45) is 17.1 Å². The van der Waals surface area contributed by atoms with Crippen LogP contribution in [0.4, 0.5) is 0 Å². The van der Waals surface area contributed by atoms with Gasteiger partial charge in [-0.3, -0.25) is 14.4 Å². The number of β-amino-alcohol motifs (C(OH)–C–C–N with tert-alkyl or cyclic N) is 1. The van der Waals surface area contributed by atoms with Gasteiger partial charge in [0.1, 0.15) is 11.8 Å². The van der Waals surface area contributed by atoms with E-state index in [0.717, 1.165) is 53.9 Å². The average molecular weight is 627 g/mol. The summed E-state index contributed by atoms with van der Waals surface area (Å²) in [5.74, 6) is -0.977. The van der Waals surface area contributed by atoms with Crippen LogP contribution in [0.2, 0.25) is 0 Å². The molecule has 8 nitrogen and oxygen atoms in total. The number of nitrogens with zero attached hydrogens (tertiary/aromatic N) is 2. The third-order valence-electron chi connectivity index (χ3n) is 8.83. The fraction of sp³-hybridized carbons (Fsp3) is 0.657. The number of hydrogen-bond donors (Lipinski definition) is 3. The summed E-state index contributed by atoms with van der Waals surface area (Å²) in [5, 5.41) is 13.6. The number of thiazole rings is 1. The molecule has 1 saturated heterocycles. The first-order chi connectivity index (χ1) is 20.9. The standard InChI is InChI=1S/C35H54N4O4S/c1-24(26-15-17-27(18-16-26)32-25(2)37-23-44-32)38-33(42)31-21-29(41)22-39(31)34(43)30(35(3,4)5)20-28(40)14-12-10-8-6-7-9-11-13-19-36/h15-18,23-24,29-31,41H,6-14,19-22,36H2,1-5H3,(H,38,42)/t24-,29-,30+,31+/m0/s1. The van der Waals surface area contributed by atoms with Crippen molar-refractivity contribution in [2.75, 3.05) is 13.1 Å². The molecule has 3 rings (SSSR count). The number of aliphatic hydroxyl groups is 1. The second kappa shape index (κ2) is 17.2. The summed E-state index contributed by atoms with van der Waals surface area (Å²) in [4.78, 5) is 47.4. The Balaban J connectivity index is 1.56. The molecule has 0 unspecified atom stereocenters. The Morgan fingerprint density at radius 1 is 1.05 bits per heavy atom. The number of rotatable bonds is 17. The summed E-state index contributed by atoms with van der Waals surface area (Å²) >= 11 is 1.60. The van der Waals surface area contributed by atoms with Gasteiger partial charge in [-0.25, -0.2) is 4.98 Å². The molecule has 44 heavy (non-hydrogen) atoms. The van der Waals surface area contributed by atoms with E-state index in [1.807, 2.05) is 64.4 Å². The quantitative estimate of drug-likeness (QED) is 0.176. The minimum absolute atomic E-state index is 0.0903. The van der Waals surface area contributed by atoms with Crippen LogP contribution in [0.25, 0.3) is 10.4 Å². The molecule has 2 heterocycles. The highest BCUT2D eigenvalue weighted by Gasteiger charge is 2.44. The van der Waals surface area contributed by atoms with Crippen LogP contribution in [0, 0.1) is 18.3 Å². The van der Waals surface area contributed by atoms with E-state index in [1.165, 1.54) is 30.6 Å². The van der Waals surface area contributed by atoms with Crippen LogP contribution in [0.1, 0.15) is 116 Å². The van der Waals surface area contributed by atoms with E-state index in [9.17, 15) is 19.5 Å². The molecule has 0 aliphatic carbocycles. The van der Waals surface area contributed by atoms with Gasteiger partial charge in [-0.1, -0.05) is 83.6 Å². The van der Waals surface area contributed by atoms with E-state index in [-0.39, 0.29) is 43.0 Å². The van der Waals surface area contributed by atoms with E-state index >= 15 is 0 Å². The molecular formula is C35H54N4O4S. The number of nitrogens with one attached hydrogen (secondary N) is 1. The van der Waals surface area contributed by atoms with Crippen molar-refractivity contribution in [1.29, 1.82) is 0 Å². The molecule has 0 spiro atoms. The predicted molar refractivity (Wildman–Crippen MR) is 178 cm³/mol. The summed E-state index contributed by atoms with van der Waals surface area (Å²) in [6.07, 6.45) is 8.89. The molecule has 0 radical (unpaired) electrons. The number of nitrogens with two attached hydrogens (primary N) is 1. The van der Waals surface area contributed by atoms with Gasteiger partial charge in [-0.15, -0.1) is 11.3 Å². The molecule has 1 aliphatic heterocycles. The Morgan fingerprint density at radius 3 is 2.23 bits per heavy atom. The fourth-order valence-corrected chi connectivity index (χ4v) is 6.83. The van der Waals surface area contributed by atoms with E-state index in [4.69, 9.17) is 5.73 Å². The molecular weight excluding hydrogens is 572 g/mol. The zero-order valence-corrected chi connectivity index (χ0v) is 28.3. The molecule has 1 aromatic heterocycles. The highest BCUT2D eigenvalue weighted by molar-refractivity contribution is 7.13. The maximum Gasteiger partial charge on any atom is 0.243 e. The van der Waals surface area contributed by atoms with E-state index < -0.39 is 23.5 Å². The van der Waals surface area contributed by atoms with Crippen molar-refractivity contribution in [3.05, 3.63) is 41.0 Å². The number of Topliss-reactive ketones (excluding diaryl/α,β-unsaturated/α-hetero) is 1. The number of amides is 2. The number of likely N-dealkylation sites (tertiary alicyclic amines) is 1. The molecule has 244 valence electrons. The first kappa shape index (κ1) is 35.9. The summed E-state index contributed by atoms with van der Waals surface area (Å²) in [7, 11) is 0. The Morgan fingerprint density at radius 2 is 1.66 bits per heavy atom. The van der Waals surface area contributed by atoms with Crippen molar-refractivity contribution in [3.63, 3.8) is 0 Å². The molecule has 0 saturated carbocycles. The Kier molecular flexibility index (Phi) is 14.0. The molecule has 1 aliphatic rings. The maximum atomic E-state index is 13.9. The normalized spacial score (nSPS) is 18.3. The van der Waals surface area contributed by atoms with Crippen LogP contribution < -0.4 is 11.1 Å². The lowest BCUT2D eigenvalue weighted by Gasteiger charge is -2.35. The highest BCUT2D eigenvalue weighted by Crippen LogP contribution is 2.34. The summed E-state index contributed by atoms with van der Waals surface area (Å²) in [5.41, 5.74) is 9.94. The van der Waals surface area contributed by atoms with Crippen LogP contribution in [-0.2, 0) is 14.4 Å². The van der Waals surface area contributed by atoms with Crippen molar-refractivity contribution >= 4 is 28.9 Å². The van der Waals surface area contributed by atoms with Gasteiger partial charge < -0.3 is 21.1 Å². The Hall–Kier alpha value is -2.62.